The molecule has 1 N–H and O–H groups in total. The van der Waals surface area contributed by atoms with E-state index in [1.807, 2.05) is 12.1 Å². The average Bonchev–Trinajstić information content (AvgIpc) is 3.06. The molecule has 0 saturated heterocycles. The molecule has 0 aliphatic heterocycles. The van der Waals surface area contributed by atoms with Crippen molar-refractivity contribution in [3.8, 4) is 11.3 Å². The summed E-state index contributed by atoms with van der Waals surface area (Å²) >= 11 is 0. The van der Waals surface area contributed by atoms with Crippen molar-refractivity contribution in [2.24, 2.45) is 7.05 Å². The van der Waals surface area contributed by atoms with E-state index in [1.54, 1.807) is 36.5 Å². The first-order valence-electron chi connectivity index (χ1n) is 6.20. The molecule has 0 radical (unpaired) electrons. The second-order valence-corrected chi connectivity index (χ2v) is 4.51. The standard InChI is InChI=1S/C13H12N6O2/c1-18-8-10(6-15-18)12-11(13(20)21)16-17-19(12)7-9-3-2-4-14-5-9/h2-6,8H,7H2,1H3,(H,20,21). The number of carboxylic acids is 1. The monoisotopic (exact) mass is 284 g/mol. The molecule has 0 amide bonds. The molecule has 0 aromatic carbocycles. The van der Waals surface area contributed by atoms with E-state index < -0.39 is 5.97 Å². The molecule has 0 saturated carbocycles. The molecule has 0 aliphatic rings. The summed E-state index contributed by atoms with van der Waals surface area (Å²) in [4.78, 5) is 15.3. The van der Waals surface area contributed by atoms with Crippen LogP contribution in [0.15, 0.2) is 36.9 Å². The van der Waals surface area contributed by atoms with Crippen molar-refractivity contribution in [3.63, 3.8) is 0 Å². The SMILES string of the molecule is Cn1cc(-c2c(C(=O)O)nnn2Cc2cccnc2)cn1. The molecule has 8 heteroatoms. The van der Waals surface area contributed by atoms with Crippen molar-refractivity contribution in [3.05, 3.63) is 48.2 Å². The third kappa shape index (κ3) is 2.50. The van der Waals surface area contributed by atoms with Gasteiger partial charge < -0.3 is 5.11 Å². The fourth-order valence-electron chi connectivity index (χ4n) is 2.06. The maximum Gasteiger partial charge on any atom is 0.358 e. The van der Waals surface area contributed by atoms with Crippen LogP contribution in [0.25, 0.3) is 11.3 Å². The van der Waals surface area contributed by atoms with Gasteiger partial charge in [-0.25, -0.2) is 9.48 Å². The van der Waals surface area contributed by atoms with Crippen LogP contribution in [-0.2, 0) is 13.6 Å². The van der Waals surface area contributed by atoms with E-state index in [0.717, 1.165) is 5.56 Å². The van der Waals surface area contributed by atoms with Gasteiger partial charge in [-0.1, -0.05) is 11.3 Å². The predicted octanol–water partition coefficient (Wildman–Crippen LogP) is 0.820. The summed E-state index contributed by atoms with van der Waals surface area (Å²) in [5, 5.41) is 21.0. The number of aromatic nitrogens is 6. The Labute approximate surface area is 119 Å². The first-order valence-corrected chi connectivity index (χ1v) is 6.20. The first-order chi connectivity index (χ1) is 10.1. The molecule has 0 fully saturated rings. The van der Waals surface area contributed by atoms with Crippen LogP contribution in [0.4, 0.5) is 0 Å². The number of carboxylic acid groups (broad SMARTS) is 1. The van der Waals surface area contributed by atoms with Crippen LogP contribution >= 0.6 is 0 Å². The minimum Gasteiger partial charge on any atom is -0.476 e. The van der Waals surface area contributed by atoms with Crippen LogP contribution in [0, 0.1) is 0 Å². The summed E-state index contributed by atoms with van der Waals surface area (Å²) in [6.45, 7) is 0.387. The Morgan fingerprint density at radius 2 is 2.24 bits per heavy atom. The first kappa shape index (κ1) is 13.0. The number of nitrogens with zero attached hydrogens (tertiary/aromatic N) is 6. The zero-order valence-corrected chi connectivity index (χ0v) is 11.2. The van der Waals surface area contributed by atoms with Crippen molar-refractivity contribution >= 4 is 5.97 Å². The van der Waals surface area contributed by atoms with Gasteiger partial charge in [0.15, 0.2) is 5.69 Å². The molecule has 0 atom stereocenters. The van der Waals surface area contributed by atoms with Crippen molar-refractivity contribution < 1.29 is 9.90 Å². The van der Waals surface area contributed by atoms with Gasteiger partial charge in [0, 0.05) is 31.2 Å². The van der Waals surface area contributed by atoms with E-state index in [4.69, 9.17) is 0 Å². The van der Waals surface area contributed by atoms with Crippen LogP contribution < -0.4 is 0 Å². The summed E-state index contributed by atoms with van der Waals surface area (Å²) < 4.78 is 3.14. The molecule has 0 bridgehead atoms. The smallest absolute Gasteiger partial charge is 0.358 e. The van der Waals surface area contributed by atoms with E-state index >= 15 is 0 Å². The summed E-state index contributed by atoms with van der Waals surface area (Å²) in [5.41, 5.74) is 1.90. The van der Waals surface area contributed by atoms with Crippen LogP contribution in [0.3, 0.4) is 0 Å². The lowest BCUT2D eigenvalue weighted by Crippen LogP contribution is -2.06. The molecule has 0 unspecified atom stereocenters. The summed E-state index contributed by atoms with van der Waals surface area (Å²) in [7, 11) is 1.76. The minimum absolute atomic E-state index is 0.0908. The highest BCUT2D eigenvalue weighted by molar-refractivity contribution is 5.92. The summed E-state index contributed by atoms with van der Waals surface area (Å²) in [6.07, 6.45) is 6.69. The molecule has 0 aliphatic carbocycles. The molecule has 106 valence electrons. The van der Waals surface area contributed by atoms with Crippen molar-refractivity contribution in [1.29, 1.82) is 0 Å². The van der Waals surface area contributed by atoms with Gasteiger partial charge in [0.05, 0.1) is 12.7 Å². The van der Waals surface area contributed by atoms with Crippen molar-refractivity contribution in [2.75, 3.05) is 0 Å². The van der Waals surface area contributed by atoms with E-state index in [2.05, 4.69) is 20.4 Å². The highest BCUT2D eigenvalue weighted by Gasteiger charge is 2.21. The molecule has 3 rings (SSSR count). The highest BCUT2D eigenvalue weighted by Crippen LogP contribution is 2.22. The third-order valence-electron chi connectivity index (χ3n) is 2.97. The van der Waals surface area contributed by atoms with E-state index in [9.17, 15) is 9.90 Å². The van der Waals surface area contributed by atoms with Crippen LogP contribution in [0.5, 0.6) is 0 Å². The van der Waals surface area contributed by atoms with E-state index in [1.165, 1.54) is 4.68 Å². The molecule has 3 aromatic heterocycles. The van der Waals surface area contributed by atoms with Gasteiger partial charge in [-0.05, 0) is 11.6 Å². The van der Waals surface area contributed by atoms with Crippen molar-refractivity contribution in [1.82, 2.24) is 29.8 Å². The molecular formula is C13H12N6O2. The number of aryl methyl sites for hydroxylation is 1. The Morgan fingerprint density at radius 1 is 1.38 bits per heavy atom. The lowest BCUT2D eigenvalue weighted by Gasteiger charge is -2.05. The lowest BCUT2D eigenvalue weighted by molar-refractivity contribution is 0.0691. The molecule has 21 heavy (non-hydrogen) atoms. The Kier molecular flexibility index (Phi) is 3.19. The zero-order chi connectivity index (χ0) is 14.8. The molecule has 3 aromatic rings. The maximum absolute atomic E-state index is 11.3. The normalized spacial score (nSPS) is 10.7. The third-order valence-corrected chi connectivity index (χ3v) is 2.97. The van der Waals surface area contributed by atoms with Gasteiger partial charge in [-0.15, -0.1) is 5.10 Å². The van der Waals surface area contributed by atoms with Gasteiger partial charge in [-0.2, -0.15) is 5.10 Å². The number of rotatable bonds is 4. The maximum atomic E-state index is 11.3. The van der Waals surface area contributed by atoms with Gasteiger partial charge in [0.1, 0.15) is 5.69 Å². The molecule has 3 heterocycles. The van der Waals surface area contributed by atoms with Gasteiger partial charge in [-0.3, -0.25) is 9.67 Å². The molecule has 8 nitrogen and oxygen atoms in total. The fourth-order valence-corrected chi connectivity index (χ4v) is 2.06. The molecule has 0 spiro atoms. The Morgan fingerprint density at radius 3 is 2.86 bits per heavy atom. The molecular weight excluding hydrogens is 272 g/mol. The van der Waals surface area contributed by atoms with E-state index in [-0.39, 0.29) is 5.69 Å². The van der Waals surface area contributed by atoms with Gasteiger partial charge >= 0.3 is 5.97 Å². The van der Waals surface area contributed by atoms with Gasteiger partial charge in [0.25, 0.3) is 0 Å². The van der Waals surface area contributed by atoms with Gasteiger partial charge in [0.2, 0.25) is 0 Å². The lowest BCUT2D eigenvalue weighted by atomic mass is 10.2. The highest BCUT2D eigenvalue weighted by atomic mass is 16.4. The summed E-state index contributed by atoms with van der Waals surface area (Å²) in [5.74, 6) is -1.12. The minimum atomic E-state index is -1.12. The number of hydrogen-bond acceptors (Lipinski definition) is 5. The number of aromatic carboxylic acids is 1. The van der Waals surface area contributed by atoms with Crippen LogP contribution in [0.2, 0.25) is 0 Å². The Hall–Kier alpha value is -3.03. The zero-order valence-electron chi connectivity index (χ0n) is 11.2. The predicted molar refractivity (Wildman–Crippen MR) is 72.5 cm³/mol. The second-order valence-electron chi connectivity index (χ2n) is 4.51. The second kappa shape index (κ2) is 5.16. The van der Waals surface area contributed by atoms with Crippen LogP contribution in [0.1, 0.15) is 16.1 Å². The Balaban J connectivity index is 2.07. The number of pyridine rings is 1. The van der Waals surface area contributed by atoms with E-state index in [0.29, 0.717) is 17.8 Å². The Bertz CT molecular complexity index is 777. The topological polar surface area (TPSA) is 98.7 Å². The average molecular weight is 284 g/mol. The van der Waals surface area contributed by atoms with Crippen molar-refractivity contribution in [2.45, 2.75) is 6.54 Å². The number of hydrogen-bond donors (Lipinski definition) is 1. The summed E-state index contributed by atoms with van der Waals surface area (Å²) in [6, 6.07) is 3.70. The quantitative estimate of drug-likeness (QED) is 0.761. The van der Waals surface area contributed by atoms with Crippen LogP contribution in [-0.4, -0.2) is 40.8 Å². The largest absolute Gasteiger partial charge is 0.476 e. The fraction of sp³-hybridized carbons (Fsp3) is 0.154. The number of carbonyl (C=O) groups is 1.